The first-order chi connectivity index (χ1) is 16.1. The van der Waals surface area contributed by atoms with Gasteiger partial charge in [-0.25, -0.2) is 4.57 Å². The average molecular weight is 496 g/mol. The van der Waals surface area contributed by atoms with Crippen LogP contribution in [0, 0.1) is 18.3 Å². The van der Waals surface area contributed by atoms with Crippen molar-refractivity contribution in [3.8, 4) is 12.3 Å². The second kappa shape index (κ2) is 9.82. The Hall–Kier alpha value is -2.19. The van der Waals surface area contributed by atoms with E-state index in [9.17, 15) is 19.3 Å². The van der Waals surface area contributed by atoms with Crippen LogP contribution in [0.3, 0.4) is 0 Å². The molecule has 1 amide bonds. The Morgan fingerprint density at radius 2 is 2.24 bits per heavy atom. The molecule has 2 N–H and O–H groups in total. The predicted molar refractivity (Wildman–Crippen MR) is 117 cm³/mol. The third-order valence-corrected chi connectivity index (χ3v) is 7.78. The number of nitrogens with one attached hydrogen (secondary N) is 1. The second-order valence-corrected chi connectivity index (χ2v) is 10.4. The number of phosphoric acid groups is 1. The number of carbonyl (C=O) groups excluding carboxylic acids is 2. The highest BCUT2D eigenvalue weighted by molar-refractivity contribution is 7.48. The molecule has 186 valence electrons. The lowest BCUT2D eigenvalue weighted by Crippen LogP contribution is -2.55. The highest BCUT2D eigenvalue weighted by atomic mass is 31.2. The number of nitrogens with zero attached hydrogens (tertiary/aromatic N) is 1. The number of phosphoric ester groups is 1. The zero-order valence-corrected chi connectivity index (χ0v) is 19.8. The Labute approximate surface area is 198 Å². The van der Waals surface area contributed by atoms with E-state index >= 15 is 0 Å². The van der Waals surface area contributed by atoms with E-state index in [0.29, 0.717) is 0 Å². The van der Waals surface area contributed by atoms with Gasteiger partial charge in [-0.2, -0.15) is 0 Å². The van der Waals surface area contributed by atoms with Crippen LogP contribution in [-0.2, 0) is 37.2 Å². The van der Waals surface area contributed by atoms with Crippen molar-refractivity contribution >= 4 is 19.7 Å². The minimum absolute atomic E-state index is 0.0351. The Morgan fingerprint density at radius 1 is 1.50 bits per heavy atom. The van der Waals surface area contributed by atoms with Gasteiger partial charge in [-0.15, -0.1) is 6.42 Å². The molecule has 0 unspecified atom stereocenters. The average Bonchev–Trinajstić information content (AvgIpc) is 3.40. The van der Waals surface area contributed by atoms with Crippen molar-refractivity contribution in [3.05, 3.63) is 24.7 Å². The van der Waals surface area contributed by atoms with Gasteiger partial charge < -0.3 is 24.8 Å². The number of amides is 1. The Balaban J connectivity index is 1.35. The van der Waals surface area contributed by atoms with E-state index in [-0.39, 0.29) is 43.4 Å². The second-order valence-electron chi connectivity index (χ2n) is 8.79. The molecule has 11 nitrogen and oxygen atoms in total. The summed E-state index contributed by atoms with van der Waals surface area (Å²) in [7, 11) is -4.10. The molecule has 0 aromatic rings. The molecule has 6 atom stereocenters. The lowest BCUT2D eigenvalue weighted by molar-refractivity contribution is -0.153. The summed E-state index contributed by atoms with van der Waals surface area (Å²) in [4.78, 5) is 25.1. The first kappa shape index (κ1) is 24.9. The largest absolute Gasteiger partial charge is 0.475 e. The molecule has 2 saturated heterocycles. The molecule has 34 heavy (non-hydrogen) atoms. The summed E-state index contributed by atoms with van der Waals surface area (Å²) in [5, 5.41) is 13.7. The molecule has 3 heterocycles. The summed E-state index contributed by atoms with van der Waals surface area (Å²) in [6, 6.07) is 0. The van der Waals surface area contributed by atoms with E-state index in [1.54, 1.807) is 6.92 Å². The number of rotatable bonds is 7. The Kier molecular flexibility index (Phi) is 7.20. The quantitative estimate of drug-likeness (QED) is 0.304. The van der Waals surface area contributed by atoms with E-state index in [0.717, 1.165) is 25.7 Å². The third-order valence-electron chi connectivity index (χ3n) is 6.33. The number of fused-ring (bicyclic) bond motifs is 1. The highest BCUT2D eigenvalue weighted by Gasteiger charge is 2.63. The van der Waals surface area contributed by atoms with Gasteiger partial charge in [0.25, 0.3) is 5.91 Å². The zero-order valence-electron chi connectivity index (χ0n) is 18.9. The summed E-state index contributed by atoms with van der Waals surface area (Å²) in [5.41, 5.74) is -2.05. The minimum Gasteiger partial charge on any atom is -0.462 e. The van der Waals surface area contributed by atoms with Gasteiger partial charge in [-0.1, -0.05) is 19.4 Å². The van der Waals surface area contributed by atoms with E-state index in [2.05, 4.69) is 17.8 Å². The van der Waals surface area contributed by atoms with E-state index in [1.165, 1.54) is 17.2 Å². The van der Waals surface area contributed by atoms with Gasteiger partial charge in [0.2, 0.25) is 0 Å². The maximum atomic E-state index is 13.1. The number of aliphatic hydroxyl groups is 1. The Bertz CT molecular complexity index is 957. The summed E-state index contributed by atoms with van der Waals surface area (Å²) in [6.45, 7) is 5.14. The maximum absolute atomic E-state index is 13.1. The van der Waals surface area contributed by atoms with Crippen molar-refractivity contribution in [3.63, 3.8) is 0 Å². The maximum Gasteiger partial charge on any atom is 0.475 e. The molecule has 0 radical (unpaired) electrons. The predicted octanol–water partition coefficient (Wildman–Crippen LogP) is 1.54. The molecule has 3 aliphatic heterocycles. The van der Waals surface area contributed by atoms with Gasteiger partial charge in [-0.05, 0) is 32.1 Å². The molecular weight excluding hydrogens is 467 g/mol. The van der Waals surface area contributed by atoms with Crippen LogP contribution in [0.25, 0.3) is 0 Å². The standard InChI is InChI=1S/C22H29N2O9P/c1-4-22(27)19-17(32-21(22)24-11-9-18(25)23-15(24)3)13-30-34(28,33-19)29-12-10-14(2)20(26)31-16-7-5-6-8-16/h1,9,11,14,16-17,19,21,27H,3,5-8,10,12-13H2,2H3,(H,23,25)/t14-,17+,19+,21+,22+,34-/m0/s1. The number of terminal acetylenes is 1. The highest BCUT2D eigenvalue weighted by Crippen LogP contribution is 2.58. The van der Waals surface area contributed by atoms with Gasteiger partial charge in [0.15, 0.2) is 11.8 Å². The van der Waals surface area contributed by atoms with Gasteiger partial charge in [-0.3, -0.25) is 23.2 Å². The summed E-state index contributed by atoms with van der Waals surface area (Å²) in [5.74, 6) is 1.23. The van der Waals surface area contributed by atoms with Crippen LogP contribution >= 0.6 is 7.82 Å². The number of carbonyl (C=O) groups is 2. The van der Waals surface area contributed by atoms with Crippen molar-refractivity contribution in [2.24, 2.45) is 5.92 Å². The lowest BCUT2D eigenvalue weighted by atomic mass is 9.94. The van der Waals surface area contributed by atoms with Gasteiger partial charge in [0.1, 0.15) is 24.1 Å². The van der Waals surface area contributed by atoms with E-state index < -0.39 is 37.8 Å². The number of hydrogen-bond donors (Lipinski definition) is 2. The fourth-order valence-corrected chi connectivity index (χ4v) is 5.75. The SMILES string of the molecule is C#C[C@@]1(O)[C@@H]2O[P@@](=O)(OCC[C@H](C)C(=O)OC3CCCC3)OC[C@H]2O[C@H]1N1C=CC(=O)NC1=C. The van der Waals surface area contributed by atoms with Crippen LogP contribution in [0.15, 0.2) is 24.7 Å². The van der Waals surface area contributed by atoms with Crippen LogP contribution < -0.4 is 5.32 Å². The summed E-state index contributed by atoms with van der Waals surface area (Å²) >= 11 is 0. The molecule has 1 saturated carbocycles. The summed E-state index contributed by atoms with van der Waals surface area (Å²) < 4.78 is 40.6. The number of hydrogen-bond acceptors (Lipinski definition) is 10. The molecule has 3 fully saturated rings. The molecule has 0 aromatic carbocycles. The monoisotopic (exact) mass is 496 g/mol. The fraction of sp³-hybridized carbons (Fsp3) is 0.636. The van der Waals surface area contributed by atoms with Crippen molar-refractivity contribution in [1.82, 2.24) is 10.2 Å². The van der Waals surface area contributed by atoms with Crippen molar-refractivity contribution < 1.29 is 42.3 Å². The summed E-state index contributed by atoms with van der Waals surface area (Å²) in [6.07, 6.45) is 9.03. The third kappa shape index (κ3) is 4.93. The van der Waals surface area contributed by atoms with Gasteiger partial charge >= 0.3 is 13.8 Å². The molecule has 12 heteroatoms. The lowest BCUT2D eigenvalue weighted by Gasteiger charge is -2.37. The smallest absolute Gasteiger partial charge is 0.462 e. The van der Waals surface area contributed by atoms with Crippen LogP contribution in [0.1, 0.15) is 39.0 Å². The number of ether oxygens (including phenoxy) is 2. The molecule has 4 rings (SSSR count). The molecule has 0 aromatic heterocycles. The molecule has 1 aliphatic carbocycles. The van der Waals surface area contributed by atoms with Gasteiger partial charge in [0, 0.05) is 12.3 Å². The van der Waals surface area contributed by atoms with Crippen molar-refractivity contribution in [1.29, 1.82) is 0 Å². The zero-order chi connectivity index (χ0) is 24.5. The first-order valence-corrected chi connectivity index (χ1v) is 12.7. The van der Waals surface area contributed by atoms with Crippen LogP contribution in [0.2, 0.25) is 0 Å². The first-order valence-electron chi connectivity index (χ1n) is 11.3. The minimum atomic E-state index is -4.10. The number of esters is 1. The molecular formula is C22H29N2O9P. The van der Waals surface area contributed by atoms with Crippen molar-refractivity contribution in [2.45, 2.75) is 69.2 Å². The van der Waals surface area contributed by atoms with Crippen molar-refractivity contribution in [2.75, 3.05) is 13.2 Å². The van der Waals surface area contributed by atoms with E-state index in [4.69, 9.17) is 29.5 Å². The normalized spacial score (nSPS) is 36.6. The van der Waals surface area contributed by atoms with E-state index in [1.807, 2.05) is 0 Å². The molecule has 4 aliphatic rings. The van der Waals surface area contributed by atoms with Crippen LogP contribution in [-0.4, -0.2) is 65.2 Å². The van der Waals surface area contributed by atoms with Crippen LogP contribution in [0.5, 0.6) is 0 Å². The molecule has 0 bridgehead atoms. The fourth-order valence-electron chi connectivity index (χ4n) is 4.32. The van der Waals surface area contributed by atoms with Gasteiger partial charge in [0.05, 0.1) is 19.1 Å². The molecule has 0 spiro atoms. The topological polar surface area (TPSA) is 133 Å². The Morgan fingerprint density at radius 3 is 2.91 bits per heavy atom. The van der Waals surface area contributed by atoms with Crippen LogP contribution in [0.4, 0.5) is 0 Å².